The van der Waals surface area contributed by atoms with E-state index in [-0.39, 0.29) is 41.5 Å². The fourth-order valence-corrected chi connectivity index (χ4v) is 5.86. The first kappa shape index (κ1) is 22.7. The van der Waals surface area contributed by atoms with E-state index >= 15 is 0 Å². The molecular weight excluding hydrogens is 436 g/mol. The molecule has 1 amide bonds. The van der Waals surface area contributed by atoms with Gasteiger partial charge in [0.15, 0.2) is 5.78 Å². The topological polar surface area (TPSA) is 90.4 Å². The van der Waals surface area contributed by atoms with E-state index in [1.807, 2.05) is 74.2 Å². The molecule has 35 heavy (non-hydrogen) atoms. The number of carbonyl (C=O) groups is 2. The normalized spacial score (nSPS) is 22.9. The highest BCUT2D eigenvalue weighted by Crippen LogP contribution is 2.58. The number of anilines is 2. The van der Waals surface area contributed by atoms with Crippen LogP contribution in [0.2, 0.25) is 0 Å². The summed E-state index contributed by atoms with van der Waals surface area (Å²) in [5.74, 6) is -0.274. The molecular formula is C29H28N4O2. The minimum atomic E-state index is -1.57. The number of rotatable bonds is 3. The average Bonchev–Trinajstić information content (AvgIpc) is 3.03. The Bertz CT molecular complexity index is 1390. The molecule has 2 N–H and O–H groups in total. The lowest BCUT2D eigenvalue weighted by molar-refractivity contribution is -0.125. The molecule has 6 nitrogen and oxygen atoms in total. The Kier molecular flexibility index (Phi) is 4.99. The standard InChI is InChI=1S/C29H28N4O2/c1-5-14-32-22-9-7-6-8-20(22)29(27(32)35)21(17-30)26(31)33(19-12-10-18(2)11-13-19)23-15-28(3,4)16-24(34)25(23)29/h5-13H,1,14-16,31H2,2-4H3. The monoisotopic (exact) mass is 464 g/mol. The number of para-hydroxylation sites is 1. The maximum atomic E-state index is 14.3. The van der Waals surface area contributed by atoms with Gasteiger partial charge in [0.1, 0.15) is 17.3 Å². The number of nitrogens with two attached hydrogens (primary N) is 1. The van der Waals surface area contributed by atoms with Crippen LogP contribution in [0.25, 0.3) is 0 Å². The van der Waals surface area contributed by atoms with Crippen molar-refractivity contribution >= 4 is 23.1 Å². The van der Waals surface area contributed by atoms with E-state index in [9.17, 15) is 14.9 Å². The minimum Gasteiger partial charge on any atom is -0.384 e. The summed E-state index contributed by atoms with van der Waals surface area (Å²) in [7, 11) is 0. The van der Waals surface area contributed by atoms with Gasteiger partial charge in [-0.25, -0.2) is 0 Å². The van der Waals surface area contributed by atoms with E-state index in [2.05, 4.69) is 12.6 Å². The van der Waals surface area contributed by atoms with Gasteiger partial charge in [-0.2, -0.15) is 5.26 Å². The van der Waals surface area contributed by atoms with Crippen molar-refractivity contribution in [2.75, 3.05) is 16.3 Å². The summed E-state index contributed by atoms with van der Waals surface area (Å²) in [5, 5.41) is 10.5. The van der Waals surface area contributed by atoms with E-state index in [0.717, 1.165) is 11.3 Å². The van der Waals surface area contributed by atoms with Gasteiger partial charge in [-0.15, -0.1) is 6.58 Å². The molecule has 2 aliphatic heterocycles. The molecule has 2 aromatic rings. The second-order valence-corrected chi connectivity index (χ2v) is 10.3. The number of fused-ring (bicyclic) bond motifs is 3. The second-order valence-electron chi connectivity index (χ2n) is 10.3. The Morgan fingerprint density at radius 2 is 1.80 bits per heavy atom. The summed E-state index contributed by atoms with van der Waals surface area (Å²) in [4.78, 5) is 31.7. The van der Waals surface area contributed by atoms with Gasteiger partial charge < -0.3 is 10.6 Å². The van der Waals surface area contributed by atoms with Crippen molar-refractivity contribution in [2.24, 2.45) is 11.1 Å². The van der Waals surface area contributed by atoms with Crippen LogP contribution in [0.5, 0.6) is 0 Å². The summed E-state index contributed by atoms with van der Waals surface area (Å²) < 4.78 is 0. The highest BCUT2D eigenvalue weighted by atomic mass is 16.2. The van der Waals surface area contributed by atoms with Crippen molar-refractivity contribution in [1.82, 2.24) is 0 Å². The Hall–Kier alpha value is -4.11. The Balaban J connectivity index is 1.90. The molecule has 0 radical (unpaired) electrons. The van der Waals surface area contributed by atoms with E-state index < -0.39 is 5.41 Å². The zero-order chi connectivity index (χ0) is 25.1. The predicted molar refractivity (Wildman–Crippen MR) is 136 cm³/mol. The maximum absolute atomic E-state index is 14.3. The largest absolute Gasteiger partial charge is 0.384 e. The van der Waals surface area contributed by atoms with Crippen LogP contribution in [0.15, 0.2) is 83.9 Å². The second kappa shape index (κ2) is 7.71. The first-order chi connectivity index (χ1) is 16.7. The number of ketones is 1. The molecule has 1 atom stereocenters. The molecule has 0 aromatic heterocycles. The zero-order valence-corrected chi connectivity index (χ0v) is 20.3. The van der Waals surface area contributed by atoms with E-state index in [0.29, 0.717) is 28.9 Å². The van der Waals surface area contributed by atoms with Gasteiger partial charge in [0.25, 0.3) is 0 Å². The number of nitriles is 1. The Morgan fingerprint density at radius 3 is 2.46 bits per heavy atom. The van der Waals surface area contributed by atoms with Crippen molar-refractivity contribution in [3.05, 3.63) is 95.0 Å². The third-order valence-corrected chi connectivity index (χ3v) is 7.25. The van der Waals surface area contributed by atoms with Crippen LogP contribution in [0, 0.1) is 23.7 Å². The van der Waals surface area contributed by atoms with Crippen molar-refractivity contribution in [3.8, 4) is 6.07 Å². The molecule has 2 aromatic carbocycles. The molecule has 1 aliphatic carbocycles. The number of nitrogens with zero attached hydrogens (tertiary/aromatic N) is 3. The van der Waals surface area contributed by atoms with Crippen molar-refractivity contribution in [3.63, 3.8) is 0 Å². The minimum absolute atomic E-state index is 0.0916. The Labute approximate surface area is 205 Å². The average molecular weight is 465 g/mol. The van der Waals surface area contributed by atoms with Gasteiger partial charge in [0.05, 0.1) is 5.57 Å². The number of allylic oxidation sites excluding steroid dienone is 1. The molecule has 2 heterocycles. The van der Waals surface area contributed by atoms with Crippen LogP contribution in [0.1, 0.15) is 37.8 Å². The molecule has 0 saturated heterocycles. The Morgan fingerprint density at radius 1 is 1.11 bits per heavy atom. The highest BCUT2D eigenvalue weighted by Gasteiger charge is 2.63. The molecule has 5 rings (SSSR count). The smallest absolute Gasteiger partial charge is 0.248 e. The summed E-state index contributed by atoms with van der Waals surface area (Å²) in [6, 6.07) is 17.4. The number of aryl methyl sites for hydroxylation is 1. The molecule has 1 spiro atoms. The summed E-state index contributed by atoms with van der Waals surface area (Å²) >= 11 is 0. The van der Waals surface area contributed by atoms with E-state index in [1.165, 1.54) is 0 Å². The molecule has 6 heteroatoms. The summed E-state index contributed by atoms with van der Waals surface area (Å²) in [6.07, 6.45) is 2.47. The lowest BCUT2D eigenvalue weighted by atomic mass is 9.60. The molecule has 0 fully saturated rings. The summed E-state index contributed by atoms with van der Waals surface area (Å²) in [6.45, 7) is 10.2. The van der Waals surface area contributed by atoms with Gasteiger partial charge >= 0.3 is 0 Å². The van der Waals surface area contributed by atoms with Gasteiger partial charge in [-0.1, -0.05) is 55.8 Å². The van der Waals surface area contributed by atoms with Gasteiger partial charge in [-0.3, -0.25) is 14.5 Å². The van der Waals surface area contributed by atoms with Crippen molar-refractivity contribution in [1.29, 1.82) is 5.26 Å². The predicted octanol–water partition coefficient (Wildman–Crippen LogP) is 4.62. The maximum Gasteiger partial charge on any atom is 0.248 e. The fraction of sp³-hybridized carbons (Fsp3) is 0.276. The molecule has 0 bridgehead atoms. The number of carbonyl (C=O) groups excluding carboxylic acids is 2. The number of benzene rings is 2. The van der Waals surface area contributed by atoms with Gasteiger partial charge in [-0.05, 0) is 37.0 Å². The molecule has 1 unspecified atom stereocenters. The highest BCUT2D eigenvalue weighted by molar-refractivity contribution is 6.21. The van der Waals surface area contributed by atoms with Crippen LogP contribution in [0.3, 0.4) is 0 Å². The van der Waals surface area contributed by atoms with Crippen molar-refractivity contribution < 1.29 is 9.59 Å². The van der Waals surface area contributed by atoms with Gasteiger partial charge in [0, 0.05) is 41.2 Å². The lowest BCUT2D eigenvalue weighted by Gasteiger charge is -2.47. The molecule has 176 valence electrons. The van der Waals surface area contributed by atoms with Crippen LogP contribution in [0.4, 0.5) is 11.4 Å². The fourth-order valence-electron chi connectivity index (χ4n) is 5.86. The van der Waals surface area contributed by atoms with Crippen molar-refractivity contribution in [2.45, 2.75) is 39.0 Å². The zero-order valence-electron chi connectivity index (χ0n) is 20.3. The number of hydrogen-bond acceptors (Lipinski definition) is 5. The molecule has 0 saturated carbocycles. The summed E-state index contributed by atoms with van der Waals surface area (Å²) in [5.41, 5.74) is 9.18. The lowest BCUT2D eigenvalue weighted by Crippen LogP contribution is -2.53. The van der Waals surface area contributed by atoms with Crippen LogP contribution in [-0.4, -0.2) is 18.2 Å². The van der Waals surface area contributed by atoms with Crippen LogP contribution >= 0.6 is 0 Å². The van der Waals surface area contributed by atoms with E-state index in [1.54, 1.807) is 11.0 Å². The van der Waals surface area contributed by atoms with E-state index in [4.69, 9.17) is 5.73 Å². The number of hydrogen-bond donors (Lipinski definition) is 1. The van der Waals surface area contributed by atoms with Gasteiger partial charge in [0.2, 0.25) is 5.91 Å². The quantitative estimate of drug-likeness (QED) is 0.669. The number of Topliss-reactive ketones (excluding diaryl/α,β-unsaturated/α-hetero) is 1. The number of amides is 1. The molecule has 3 aliphatic rings. The SMILES string of the molecule is C=CCN1C(=O)C2(C(C#N)=C(N)N(c3ccc(C)cc3)C3=C2C(=O)CC(C)(C)C3)c2ccccc21. The first-order valence-electron chi connectivity index (χ1n) is 11.7. The third kappa shape index (κ3) is 3.01. The third-order valence-electron chi connectivity index (χ3n) is 7.25. The van der Waals surface area contributed by atoms with Crippen LogP contribution in [-0.2, 0) is 15.0 Å². The van der Waals surface area contributed by atoms with Crippen LogP contribution < -0.4 is 15.5 Å². The first-order valence-corrected chi connectivity index (χ1v) is 11.7.